The topological polar surface area (TPSA) is 140 Å². The van der Waals surface area contributed by atoms with E-state index < -0.39 is 59.6 Å². The van der Waals surface area contributed by atoms with E-state index in [0.717, 1.165) is 44.5 Å². The van der Waals surface area contributed by atoms with Crippen LogP contribution in [0.4, 0.5) is 4.79 Å². The lowest BCUT2D eigenvalue weighted by atomic mass is 9.77. The summed E-state index contributed by atoms with van der Waals surface area (Å²) in [6, 6.07) is 51.0. The van der Waals surface area contributed by atoms with Crippen molar-refractivity contribution in [2.45, 2.75) is 49.7 Å². The summed E-state index contributed by atoms with van der Waals surface area (Å²) in [6.07, 6.45) is -1.54. The minimum Gasteiger partial charge on any atom is -0.469 e. The molecule has 314 valence electrons. The summed E-state index contributed by atoms with van der Waals surface area (Å²) in [7, 11) is 1.25. The fourth-order valence-electron chi connectivity index (χ4n) is 8.31. The van der Waals surface area contributed by atoms with Gasteiger partial charge in [-0.3, -0.25) is 19.2 Å². The molecule has 6 aromatic rings. The monoisotopic (exact) mass is 827 g/mol. The van der Waals surface area contributed by atoms with Gasteiger partial charge in [0.15, 0.2) is 5.78 Å². The number of benzene rings is 6. The number of carbonyl (C=O) groups is 5. The standard InChI is InChI=1S/C52H49N3O7/c1-35(50(59)61-2)31-47(56)45(32-36-19-7-3-8-20-36)53-49(58)46(54-51(60)62-34-44-42-29-17-15-27-40(42)41-28-16-18-30-43(41)44)33-48(57)55-52(37-21-9-4-10-22-37,38-23-11-5-12-24-38)39-25-13-6-14-26-39/h3-30,35,44-46H,31-34H2,1-2H3,(H,53,58)(H,54,60)(H,55,57)/t35?,45-,46-/m0/s1. The van der Waals surface area contributed by atoms with Crippen molar-refractivity contribution in [2.24, 2.45) is 5.92 Å². The predicted molar refractivity (Wildman–Crippen MR) is 237 cm³/mol. The molecule has 0 saturated heterocycles. The third-order valence-corrected chi connectivity index (χ3v) is 11.4. The normalized spacial score (nSPS) is 13.3. The van der Waals surface area contributed by atoms with Crippen LogP contribution < -0.4 is 16.0 Å². The van der Waals surface area contributed by atoms with Gasteiger partial charge < -0.3 is 25.4 Å². The number of carbonyl (C=O) groups excluding carboxylic acids is 5. The van der Waals surface area contributed by atoms with Crippen molar-refractivity contribution in [1.82, 2.24) is 16.0 Å². The number of ether oxygens (including phenoxy) is 2. The Balaban J connectivity index is 1.19. The number of fused-ring (bicyclic) bond motifs is 3. The van der Waals surface area contributed by atoms with Gasteiger partial charge in [0.05, 0.1) is 25.5 Å². The summed E-state index contributed by atoms with van der Waals surface area (Å²) in [6.45, 7) is 1.55. The van der Waals surface area contributed by atoms with Crippen LogP contribution in [-0.4, -0.2) is 55.5 Å². The second kappa shape index (κ2) is 19.8. The molecule has 0 saturated carbocycles. The van der Waals surface area contributed by atoms with Gasteiger partial charge in [-0.05, 0) is 50.9 Å². The quantitative estimate of drug-likeness (QED) is 0.0628. The number of nitrogens with one attached hydrogen (secondary N) is 3. The lowest BCUT2D eigenvalue weighted by Crippen LogP contribution is -2.55. The maximum absolute atomic E-state index is 14.7. The first-order valence-electron chi connectivity index (χ1n) is 20.7. The Bertz CT molecular complexity index is 2350. The molecule has 0 fully saturated rings. The van der Waals surface area contributed by atoms with Crippen LogP contribution in [0.2, 0.25) is 0 Å². The molecule has 0 bridgehead atoms. The van der Waals surface area contributed by atoms with E-state index in [1.165, 1.54) is 7.11 Å². The highest BCUT2D eigenvalue weighted by Gasteiger charge is 2.40. The minimum absolute atomic E-state index is 0.0277. The zero-order valence-electron chi connectivity index (χ0n) is 34.7. The zero-order valence-corrected chi connectivity index (χ0v) is 34.7. The Hall–Kier alpha value is -7.33. The summed E-state index contributed by atoms with van der Waals surface area (Å²) >= 11 is 0. The number of alkyl carbamates (subject to hydrolysis) is 1. The van der Waals surface area contributed by atoms with E-state index in [1.54, 1.807) is 6.92 Å². The molecule has 3 amide bonds. The maximum Gasteiger partial charge on any atom is 0.407 e. The molecule has 0 radical (unpaired) electrons. The molecule has 7 rings (SSSR count). The molecule has 0 heterocycles. The summed E-state index contributed by atoms with van der Waals surface area (Å²) in [5, 5.41) is 8.78. The number of amides is 3. The molecule has 0 aliphatic heterocycles. The third-order valence-electron chi connectivity index (χ3n) is 11.4. The highest BCUT2D eigenvalue weighted by molar-refractivity contribution is 5.96. The van der Waals surface area contributed by atoms with Crippen molar-refractivity contribution in [3.05, 3.63) is 203 Å². The number of methoxy groups -OCH3 is 1. The summed E-state index contributed by atoms with van der Waals surface area (Å²) in [5.74, 6) is -3.35. The molecule has 6 aromatic carbocycles. The summed E-state index contributed by atoms with van der Waals surface area (Å²) in [5.41, 5.74) is 5.99. The first kappa shape index (κ1) is 42.8. The lowest BCUT2D eigenvalue weighted by Gasteiger charge is -2.37. The highest BCUT2D eigenvalue weighted by Crippen LogP contribution is 2.44. The molecule has 0 aromatic heterocycles. The van der Waals surface area contributed by atoms with Gasteiger partial charge in [0.25, 0.3) is 0 Å². The molecule has 3 N–H and O–H groups in total. The van der Waals surface area contributed by atoms with Crippen LogP contribution in [0, 0.1) is 5.92 Å². The summed E-state index contributed by atoms with van der Waals surface area (Å²) in [4.78, 5) is 69.3. The Morgan fingerprint density at radius 2 is 1.05 bits per heavy atom. The number of hydrogen-bond donors (Lipinski definition) is 3. The number of Topliss-reactive ketones (excluding diaryl/α,β-unsaturated/α-hetero) is 1. The first-order valence-corrected chi connectivity index (χ1v) is 20.7. The third kappa shape index (κ3) is 9.66. The van der Waals surface area contributed by atoms with Crippen molar-refractivity contribution in [3.63, 3.8) is 0 Å². The average Bonchev–Trinajstić information content (AvgIpc) is 3.63. The molecular weight excluding hydrogens is 779 g/mol. The Kier molecular flexibility index (Phi) is 13.7. The SMILES string of the molecule is COC(=O)C(C)CC(=O)[C@H](Cc1ccccc1)NC(=O)[C@H](CC(=O)NC(c1ccccc1)(c1ccccc1)c1ccccc1)NC(=O)OCC1c2ccccc2-c2ccccc21. The van der Waals surface area contributed by atoms with E-state index in [1.807, 2.05) is 170 Å². The van der Waals surface area contributed by atoms with Crippen LogP contribution in [0.25, 0.3) is 11.1 Å². The van der Waals surface area contributed by atoms with Gasteiger partial charge in [-0.2, -0.15) is 0 Å². The smallest absolute Gasteiger partial charge is 0.407 e. The Morgan fingerprint density at radius 1 is 0.581 bits per heavy atom. The zero-order chi connectivity index (χ0) is 43.5. The van der Waals surface area contributed by atoms with Gasteiger partial charge in [0, 0.05) is 12.3 Å². The van der Waals surface area contributed by atoms with Crippen LogP contribution in [-0.2, 0) is 40.6 Å². The molecule has 10 nitrogen and oxygen atoms in total. The van der Waals surface area contributed by atoms with Crippen molar-refractivity contribution >= 4 is 29.7 Å². The Labute approximate surface area is 361 Å². The second-order valence-electron chi connectivity index (χ2n) is 15.5. The number of rotatable bonds is 17. The van der Waals surface area contributed by atoms with E-state index >= 15 is 0 Å². The van der Waals surface area contributed by atoms with Gasteiger partial charge in [0.1, 0.15) is 18.2 Å². The van der Waals surface area contributed by atoms with Gasteiger partial charge >= 0.3 is 12.1 Å². The van der Waals surface area contributed by atoms with Gasteiger partial charge in [-0.1, -0.05) is 177 Å². The van der Waals surface area contributed by atoms with Crippen molar-refractivity contribution < 1.29 is 33.4 Å². The molecular formula is C52H49N3O7. The number of esters is 1. The lowest BCUT2D eigenvalue weighted by molar-refractivity contribution is -0.146. The average molecular weight is 828 g/mol. The molecule has 0 spiro atoms. The van der Waals surface area contributed by atoms with Crippen molar-refractivity contribution in [1.29, 1.82) is 0 Å². The fourth-order valence-corrected chi connectivity index (χ4v) is 8.31. The molecule has 1 aliphatic rings. The molecule has 3 atom stereocenters. The highest BCUT2D eigenvalue weighted by atomic mass is 16.5. The van der Waals surface area contributed by atoms with Gasteiger partial charge in [-0.15, -0.1) is 0 Å². The van der Waals surface area contributed by atoms with Crippen LogP contribution in [0.1, 0.15) is 59.1 Å². The number of ketones is 1. The van der Waals surface area contributed by atoms with Crippen LogP contribution >= 0.6 is 0 Å². The van der Waals surface area contributed by atoms with Crippen LogP contribution in [0.5, 0.6) is 0 Å². The second-order valence-corrected chi connectivity index (χ2v) is 15.5. The molecule has 10 heteroatoms. The van der Waals surface area contributed by atoms with Crippen molar-refractivity contribution in [3.8, 4) is 11.1 Å². The van der Waals surface area contributed by atoms with Gasteiger partial charge in [-0.25, -0.2) is 4.79 Å². The van der Waals surface area contributed by atoms with E-state index in [-0.39, 0.29) is 25.4 Å². The van der Waals surface area contributed by atoms with E-state index in [0.29, 0.717) is 0 Å². The van der Waals surface area contributed by atoms with E-state index in [9.17, 15) is 24.0 Å². The Morgan fingerprint density at radius 3 is 1.55 bits per heavy atom. The minimum atomic E-state index is -1.49. The number of hydrogen-bond acceptors (Lipinski definition) is 7. The fraction of sp³-hybridized carbons (Fsp3) is 0.212. The van der Waals surface area contributed by atoms with Gasteiger partial charge in [0.2, 0.25) is 11.8 Å². The molecule has 1 aliphatic carbocycles. The van der Waals surface area contributed by atoms with Crippen LogP contribution in [0.3, 0.4) is 0 Å². The van der Waals surface area contributed by atoms with Crippen LogP contribution in [0.15, 0.2) is 170 Å². The van der Waals surface area contributed by atoms with E-state index in [2.05, 4.69) is 16.0 Å². The first-order chi connectivity index (χ1) is 30.2. The predicted octanol–water partition coefficient (Wildman–Crippen LogP) is 7.89. The maximum atomic E-state index is 14.7. The molecule has 1 unspecified atom stereocenters. The molecule has 62 heavy (non-hydrogen) atoms. The van der Waals surface area contributed by atoms with Crippen molar-refractivity contribution in [2.75, 3.05) is 13.7 Å². The summed E-state index contributed by atoms with van der Waals surface area (Å²) < 4.78 is 10.7. The largest absolute Gasteiger partial charge is 0.469 e. The van der Waals surface area contributed by atoms with E-state index in [4.69, 9.17) is 9.47 Å².